The average molecular weight is 409 g/mol. The van der Waals surface area contributed by atoms with Crippen molar-refractivity contribution in [2.75, 3.05) is 12.0 Å². The maximum atomic E-state index is 14.2. The first-order chi connectivity index (χ1) is 11.9. The predicted molar refractivity (Wildman–Crippen MR) is 97.7 cm³/mol. The maximum absolute atomic E-state index is 14.2. The molecule has 0 fully saturated rings. The molecule has 1 aromatic heterocycles. The molecular weight excluding hydrogens is 391 g/mol. The first-order valence-corrected chi connectivity index (χ1v) is 8.70. The molecule has 0 aliphatic carbocycles. The second-order valence-corrected chi connectivity index (χ2v) is 6.76. The number of aromatic nitrogens is 1. The van der Waals surface area contributed by atoms with Crippen LogP contribution in [0.1, 0.15) is 28.0 Å². The first kappa shape index (κ1) is 17.6. The van der Waals surface area contributed by atoms with Crippen molar-refractivity contribution in [3.8, 4) is 0 Å². The van der Waals surface area contributed by atoms with Gasteiger partial charge in [-0.1, -0.05) is 15.9 Å². The fraction of sp³-hybridized carbons (Fsp3) is 0.294. The molecule has 0 atom stereocenters. The van der Waals surface area contributed by atoms with Crippen LogP contribution in [0.2, 0.25) is 0 Å². The number of nitrogens with one attached hydrogen (secondary N) is 2. The largest absolute Gasteiger partial charge is 0.352 e. The molecule has 2 aromatic rings. The molecule has 1 aromatic carbocycles. The van der Waals surface area contributed by atoms with Gasteiger partial charge in [-0.15, -0.1) is 0 Å². The van der Waals surface area contributed by atoms with E-state index in [0.717, 1.165) is 6.42 Å². The summed E-state index contributed by atoms with van der Waals surface area (Å²) in [6.45, 7) is 2.18. The van der Waals surface area contributed by atoms with E-state index in [1.165, 1.54) is 6.07 Å². The van der Waals surface area contributed by atoms with Crippen molar-refractivity contribution >= 4 is 33.2 Å². The molecule has 0 bridgehead atoms. The number of hydrogen-bond donors (Lipinski definition) is 3. The van der Waals surface area contributed by atoms with Crippen LogP contribution in [-0.4, -0.2) is 17.1 Å². The summed E-state index contributed by atoms with van der Waals surface area (Å²) >= 11 is 3.21. The number of fused-ring (bicyclic) bond motifs is 1. The number of pyridine rings is 1. The van der Waals surface area contributed by atoms with Crippen LogP contribution >= 0.6 is 15.9 Å². The molecule has 1 aliphatic rings. The molecule has 132 valence electrons. The number of amides is 1. The van der Waals surface area contributed by atoms with E-state index in [2.05, 4.69) is 26.6 Å². The molecule has 25 heavy (non-hydrogen) atoms. The topological polar surface area (TPSA) is 89.2 Å². The van der Waals surface area contributed by atoms with E-state index in [-0.39, 0.29) is 23.8 Å². The standard InChI is InChI=1S/C17H18BrFN4O2/c1-9-15(22-12-5-4-10(18)7-11(12)19)14(16(24)21-8-20)13-3-2-6-23(13)17(9)25/h4-5,7,22H,2-3,6,8,20H2,1H3,(H,21,24). The second-order valence-electron chi connectivity index (χ2n) is 5.84. The van der Waals surface area contributed by atoms with E-state index >= 15 is 0 Å². The summed E-state index contributed by atoms with van der Waals surface area (Å²) in [6.07, 6.45) is 1.40. The van der Waals surface area contributed by atoms with Crippen LogP contribution in [0, 0.1) is 12.7 Å². The van der Waals surface area contributed by atoms with Crippen molar-refractivity contribution in [2.45, 2.75) is 26.3 Å². The van der Waals surface area contributed by atoms with Crippen molar-refractivity contribution in [1.29, 1.82) is 0 Å². The fourth-order valence-electron chi connectivity index (χ4n) is 3.11. The van der Waals surface area contributed by atoms with Crippen LogP contribution in [0.4, 0.5) is 15.8 Å². The summed E-state index contributed by atoms with van der Waals surface area (Å²) in [4.78, 5) is 25.2. The molecule has 1 amide bonds. The van der Waals surface area contributed by atoms with E-state index in [9.17, 15) is 14.0 Å². The Morgan fingerprint density at radius 2 is 2.20 bits per heavy atom. The third kappa shape index (κ3) is 3.19. The van der Waals surface area contributed by atoms with E-state index in [1.54, 1.807) is 23.6 Å². The van der Waals surface area contributed by atoms with Crippen LogP contribution < -0.4 is 21.9 Å². The minimum Gasteiger partial charge on any atom is -0.352 e. The Balaban J connectivity index is 2.19. The third-order valence-electron chi connectivity index (χ3n) is 4.28. The summed E-state index contributed by atoms with van der Waals surface area (Å²) in [5, 5.41) is 5.51. The van der Waals surface area contributed by atoms with Gasteiger partial charge in [0.15, 0.2) is 0 Å². The Kier molecular flexibility index (Phi) is 4.91. The van der Waals surface area contributed by atoms with E-state index < -0.39 is 5.82 Å². The van der Waals surface area contributed by atoms with Gasteiger partial charge in [0.2, 0.25) is 0 Å². The number of anilines is 2. The summed E-state index contributed by atoms with van der Waals surface area (Å²) in [5.74, 6) is -0.865. The van der Waals surface area contributed by atoms with Gasteiger partial charge in [0, 0.05) is 22.3 Å². The molecule has 0 unspecified atom stereocenters. The Labute approximate surface area is 152 Å². The third-order valence-corrected chi connectivity index (χ3v) is 4.77. The molecule has 0 saturated heterocycles. The molecule has 0 saturated carbocycles. The van der Waals surface area contributed by atoms with Gasteiger partial charge in [-0.05, 0) is 38.0 Å². The fourth-order valence-corrected chi connectivity index (χ4v) is 3.44. The minimum absolute atomic E-state index is 0.0253. The monoisotopic (exact) mass is 408 g/mol. The molecule has 2 heterocycles. The molecule has 0 radical (unpaired) electrons. The zero-order valence-corrected chi connectivity index (χ0v) is 15.2. The number of carbonyl (C=O) groups is 1. The predicted octanol–water partition coefficient (Wildman–Crippen LogP) is 2.39. The van der Waals surface area contributed by atoms with Crippen molar-refractivity contribution in [3.05, 3.63) is 55.7 Å². The van der Waals surface area contributed by atoms with Gasteiger partial charge in [0.25, 0.3) is 11.5 Å². The Bertz CT molecular complexity index is 910. The lowest BCUT2D eigenvalue weighted by Gasteiger charge is -2.19. The number of nitrogens with zero attached hydrogens (tertiary/aromatic N) is 1. The smallest absolute Gasteiger partial charge is 0.256 e. The lowest BCUT2D eigenvalue weighted by atomic mass is 10.0. The van der Waals surface area contributed by atoms with Gasteiger partial charge >= 0.3 is 0 Å². The minimum atomic E-state index is -0.487. The molecular formula is C17H18BrFN4O2. The normalized spacial score (nSPS) is 12.8. The SMILES string of the molecule is Cc1c(Nc2ccc(Br)cc2F)c(C(=O)NCN)c2n(c1=O)CCC2. The van der Waals surface area contributed by atoms with Gasteiger partial charge in [0.1, 0.15) is 5.82 Å². The summed E-state index contributed by atoms with van der Waals surface area (Å²) in [6, 6.07) is 4.55. The average Bonchev–Trinajstić information content (AvgIpc) is 3.04. The van der Waals surface area contributed by atoms with Crippen molar-refractivity contribution in [2.24, 2.45) is 5.73 Å². The number of hydrogen-bond acceptors (Lipinski definition) is 4. The van der Waals surface area contributed by atoms with Crippen molar-refractivity contribution in [3.63, 3.8) is 0 Å². The number of halogens is 2. The van der Waals surface area contributed by atoms with Gasteiger partial charge in [-0.2, -0.15) is 0 Å². The van der Waals surface area contributed by atoms with Crippen molar-refractivity contribution in [1.82, 2.24) is 9.88 Å². The van der Waals surface area contributed by atoms with Gasteiger partial charge in [-0.3, -0.25) is 9.59 Å². The molecule has 1 aliphatic heterocycles. The molecule has 8 heteroatoms. The summed E-state index contributed by atoms with van der Waals surface area (Å²) in [5.41, 5.74) is 7.16. The van der Waals surface area contributed by atoms with Gasteiger partial charge < -0.3 is 20.9 Å². The number of benzene rings is 1. The van der Waals surface area contributed by atoms with E-state index in [1.807, 2.05) is 0 Å². The highest BCUT2D eigenvalue weighted by atomic mass is 79.9. The Hall–Kier alpha value is -2.19. The van der Waals surface area contributed by atoms with Crippen LogP contribution in [0.3, 0.4) is 0 Å². The second kappa shape index (κ2) is 6.97. The van der Waals surface area contributed by atoms with Crippen LogP contribution in [0.25, 0.3) is 0 Å². The summed E-state index contributed by atoms with van der Waals surface area (Å²) in [7, 11) is 0. The molecule has 6 nitrogen and oxygen atoms in total. The lowest BCUT2D eigenvalue weighted by molar-refractivity contribution is 0.0954. The summed E-state index contributed by atoms with van der Waals surface area (Å²) < 4.78 is 16.4. The lowest BCUT2D eigenvalue weighted by Crippen LogP contribution is -2.34. The molecule has 0 spiro atoms. The highest BCUT2D eigenvalue weighted by Crippen LogP contribution is 2.31. The Morgan fingerprint density at radius 3 is 2.88 bits per heavy atom. The van der Waals surface area contributed by atoms with Crippen LogP contribution in [0.5, 0.6) is 0 Å². The Morgan fingerprint density at radius 1 is 1.44 bits per heavy atom. The van der Waals surface area contributed by atoms with Crippen LogP contribution in [0.15, 0.2) is 27.5 Å². The zero-order valence-electron chi connectivity index (χ0n) is 13.7. The molecule has 4 N–H and O–H groups in total. The number of rotatable bonds is 4. The van der Waals surface area contributed by atoms with E-state index in [4.69, 9.17) is 5.73 Å². The highest BCUT2D eigenvalue weighted by molar-refractivity contribution is 9.10. The quantitative estimate of drug-likeness (QED) is 0.677. The number of carbonyl (C=O) groups excluding carboxylic acids is 1. The van der Waals surface area contributed by atoms with Gasteiger partial charge in [0.05, 0.1) is 23.6 Å². The van der Waals surface area contributed by atoms with Crippen molar-refractivity contribution < 1.29 is 9.18 Å². The first-order valence-electron chi connectivity index (χ1n) is 7.90. The zero-order chi connectivity index (χ0) is 18.1. The van der Waals surface area contributed by atoms with Crippen LogP contribution in [-0.2, 0) is 13.0 Å². The highest BCUT2D eigenvalue weighted by Gasteiger charge is 2.27. The van der Waals surface area contributed by atoms with Gasteiger partial charge in [-0.25, -0.2) is 4.39 Å². The van der Waals surface area contributed by atoms with E-state index in [0.29, 0.717) is 39.9 Å². The maximum Gasteiger partial charge on any atom is 0.256 e. The molecule has 3 rings (SSSR count). The number of nitrogens with two attached hydrogens (primary N) is 1.